The molecule has 0 radical (unpaired) electrons. The molecule has 2 N–H and O–H groups in total. The summed E-state index contributed by atoms with van der Waals surface area (Å²) in [6.07, 6.45) is 2.26. The van der Waals surface area contributed by atoms with Crippen molar-refractivity contribution in [2.45, 2.75) is 13.3 Å². The van der Waals surface area contributed by atoms with Crippen molar-refractivity contribution >= 4 is 27.5 Å². The van der Waals surface area contributed by atoms with E-state index in [0.717, 1.165) is 16.5 Å². The fourth-order valence-corrected chi connectivity index (χ4v) is 2.51. The average Bonchev–Trinajstić information content (AvgIpc) is 2.57. The van der Waals surface area contributed by atoms with Crippen LogP contribution in [0.2, 0.25) is 0 Å². The highest BCUT2D eigenvalue weighted by Crippen LogP contribution is 2.12. The Labute approximate surface area is 150 Å². The third kappa shape index (κ3) is 5.56. The van der Waals surface area contributed by atoms with E-state index >= 15 is 0 Å². The smallest absolute Gasteiger partial charge is 0.267 e. The van der Waals surface area contributed by atoms with Crippen LogP contribution in [0.1, 0.15) is 11.1 Å². The number of amides is 1. The molecule has 0 unspecified atom stereocenters. The van der Waals surface area contributed by atoms with Crippen molar-refractivity contribution in [1.82, 2.24) is 5.32 Å². The van der Waals surface area contributed by atoms with Crippen LogP contribution in [0.25, 0.3) is 0 Å². The molecule has 2 rings (SSSR count). The molecule has 24 heavy (non-hydrogen) atoms. The largest absolute Gasteiger partial charge is 0.389 e. The van der Waals surface area contributed by atoms with Gasteiger partial charge in [0.2, 0.25) is 0 Å². The Kier molecular flexibility index (Phi) is 6.59. The van der Waals surface area contributed by atoms with Crippen molar-refractivity contribution in [3.63, 3.8) is 0 Å². The number of anilines is 1. The molecule has 122 valence electrons. The second-order valence-corrected chi connectivity index (χ2v) is 6.24. The molecular formula is C19H18BrN3O. The van der Waals surface area contributed by atoms with Gasteiger partial charge in [0.1, 0.15) is 11.6 Å². The average molecular weight is 384 g/mol. The second kappa shape index (κ2) is 8.90. The molecule has 0 spiro atoms. The first-order valence-electron chi connectivity index (χ1n) is 7.54. The summed E-state index contributed by atoms with van der Waals surface area (Å²) in [6, 6.07) is 17.4. The van der Waals surface area contributed by atoms with Crippen LogP contribution in [0, 0.1) is 18.3 Å². The Balaban J connectivity index is 1.87. The predicted molar refractivity (Wildman–Crippen MR) is 99.4 cm³/mol. The highest BCUT2D eigenvalue weighted by atomic mass is 79.9. The number of aryl methyl sites for hydroxylation is 1. The highest BCUT2D eigenvalue weighted by Gasteiger charge is 2.08. The molecule has 2 aromatic rings. The van der Waals surface area contributed by atoms with Crippen LogP contribution in [0.15, 0.2) is 64.8 Å². The van der Waals surface area contributed by atoms with E-state index in [2.05, 4.69) is 26.6 Å². The molecule has 0 bridgehead atoms. The number of benzene rings is 2. The summed E-state index contributed by atoms with van der Waals surface area (Å²) >= 11 is 3.43. The van der Waals surface area contributed by atoms with Gasteiger partial charge in [-0.2, -0.15) is 5.26 Å². The van der Waals surface area contributed by atoms with Gasteiger partial charge in [-0.05, 0) is 43.2 Å². The Morgan fingerprint density at radius 3 is 2.67 bits per heavy atom. The van der Waals surface area contributed by atoms with E-state index in [1.54, 1.807) is 0 Å². The normalized spacial score (nSPS) is 10.8. The SMILES string of the molecule is Cc1ccc(NC(=O)/C(C#N)=C\NCCc2cccc(Br)c2)cc1. The number of nitrogens with one attached hydrogen (secondary N) is 2. The number of hydrogen-bond donors (Lipinski definition) is 2. The summed E-state index contributed by atoms with van der Waals surface area (Å²) in [4.78, 5) is 12.1. The van der Waals surface area contributed by atoms with Gasteiger partial charge in [-0.3, -0.25) is 4.79 Å². The van der Waals surface area contributed by atoms with Gasteiger partial charge < -0.3 is 10.6 Å². The standard InChI is InChI=1S/C19H18BrN3O/c1-14-5-7-18(8-6-14)23-19(24)16(12-21)13-22-10-9-15-3-2-4-17(20)11-15/h2-8,11,13,22H,9-10H2,1H3,(H,23,24)/b16-13-. The minimum Gasteiger partial charge on any atom is -0.389 e. The number of nitriles is 1. The lowest BCUT2D eigenvalue weighted by atomic mass is 10.1. The number of carbonyl (C=O) groups is 1. The molecule has 0 saturated heterocycles. The van der Waals surface area contributed by atoms with Crippen LogP contribution >= 0.6 is 15.9 Å². The van der Waals surface area contributed by atoms with Crippen LogP contribution in [0.5, 0.6) is 0 Å². The van der Waals surface area contributed by atoms with Gasteiger partial charge in [0, 0.05) is 22.9 Å². The molecule has 0 atom stereocenters. The maximum absolute atomic E-state index is 12.1. The number of halogens is 1. The van der Waals surface area contributed by atoms with Gasteiger partial charge >= 0.3 is 0 Å². The van der Waals surface area contributed by atoms with Crippen molar-refractivity contribution in [1.29, 1.82) is 5.26 Å². The third-order valence-electron chi connectivity index (χ3n) is 3.37. The molecule has 0 aliphatic heterocycles. The van der Waals surface area contributed by atoms with Gasteiger partial charge in [-0.15, -0.1) is 0 Å². The molecule has 0 aromatic heterocycles. The maximum atomic E-state index is 12.1. The molecule has 0 heterocycles. The summed E-state index contributed by atoms with van der Waals surface area (Å²) in [5.41, 5.74) is 3.00. The Bertz CT molecular complexity index is 776. The monoisotopic (exact) mass is 383 g/mol. The first kappa shape index (κ1) is 17.8. The van der Waals surface area contributed by atoms with E-state index in [1.165, 1.54) is 11.8 Å². The molecule has 0 aliphatic carbocycles. The lowest BCUT2D eigenvalue weighted by molar-refractivity contribution is -0.112. The zero-order chi connectivity index (χ0) is 17.4. The first-order chi connectivity index (χ1) is 11.6. The van der Waals surface area contributed by atoms with Gasteiger partial charge in [-0.25, -0.2) is 0 Å². The summed E-state index contributed by atoms with van der Waals surface area (Å²) in [7, 11) is 0. The second-order valence-electron chi connectivity index (χ2n) is 5.32. The van der Waals surface area contributed by atoms with Gasteiger partial charge in [0.05, 0.1) is 0 Å². The number of carbonyl (C=O) groups excluding carboxylic acids is 1. The molecule has 5 heteroatoms. The lowest BCUT2D eigenvalue weighted by Crippen LogP contribution is -2.18. The summed E-state index contributed by atoms with van der Waals surface area (Å²) in [5.74, 6) is -0.420. The van der Waals surface area contributed by atoms with E-state index in [0.29, 0.717) is 12.2 Å². The number of nitrogens with zero attached hydrogens (tertiary/aromatic N) is 1. The Morgan fingerprint density at radius 2 is 2.00 bits per heavy atom. The molecule has 0 fully saturated rings. The van der Waals surface area contributed by atoms with Gasteiger partial charge in [0.25, 0.3) is 5.91 Å². The van der Waals surface area contributed by atoms with E-state index in [9.17, 15) is 4.79 Å². The maximum Gasteiger partial charge on any atom is 0.267 e. The summed E-state index contributed by atoms with van der Waals surface area (Å²) in [6.45, 7) is 2.61. The van der Waals surface area contributed by atoms with Crippen molar-refractivity contribution < 1.29 is 4.79 Å². The van der Waals surface area contributed by atoms with E-state index in [4.69, 9.17) is 5.26 Å². The molecule has 0 saturated carbocycles. The summed E-state index contributed by atoms with van der Waals surface area (Å²) in [5, 5.41) is 14.9. The minimum absolute atomic E-state index is 0.0461. The van der Waals surface area contributed by atoms with Crippen LogP contribution in [-0.2, 0) is 11.2 Å². The van der Waals surface area contributed by atoms with Crippen molar-refractivity contribution in [3.8, 4) is 6.07 Å². The van der Waals surface area contributed by atoms with Crippen LogP contribution < -0.4 is 10.6 Å². The summed E-state index contributed by atoms with van der Waals surface area (Å²) < 4.78 is 1.03. The third-order valence-corrected chi connectivity index (χ3v) is 3.86. The predicted octanol–water partition coefficient (Wildman–Crippen LogP) is 3.94. The topological polar surface area (TPSA) is 64.9 Å². The Hall–Kier alpha value is -2.58. The van der Waals surface area contributed by atoms with Crippen molar-refractivity contribution in [2.24, 2.45) is 0 Å². The molecule has 0 aliphatic rings. The van der Waals surface area contributed by atoms with Crippen LogP contribution in [-0.4, -0.2) is 12.5 Å². The number of rotatable bonds is 6. The van der Waals surface area contributed by atoms with E-state index in [1.807, 2.05) is 61.5 Å². The van der Waals surface area contributed by atoms with E-state index < -0.39 is 5.91 Å². The quantitative estimate of drug-likeness (QED) is 0.451. The van der Waals surface area contributed by atoms with Crippen molar-refractivity contribution in [3.05, 3.63) is 75.9 Å². The van der Waals surface area contributed by atoms with Crippen LogP contribution in [0.4, 0.5) is 5.69 Å². The zero-order valence-corrected chi connectivity index (χ0v) is 14.9. The van der Waals surface area contributed by atoms with Crippen LogP contribution in [0.3, 0.4) is 0 Å². The fraction of sp³-hybridized carbons (Fsp3) is 0.158. The highest BCUT2D eigenvalue weighted by molar-refractivity contribution is 9.10. The van der Waals surface area contributed by atoms with E-state index in [-0.39, 0.29) is 5.57 Å². The molecular weight excluding hydrogens is 366 g/mol. The zero-order valence-electron chi connectivity index (χ0n) is 13.3. The van der Waals surface area contributed by atoms with Gasteiger partial charge in [-0.1, -0.05) is 45.8 Å². The molecule has 4 nitrogen and oxygen atoms in total. The minimum atomic E-state index is -0.420. The molecule has 1 amide bonds. The Morgan fingerprint density at radius 1 is 1.25 bits per heavy atom. The first-order valence-corrected chi connectivity index (χ1v) is 8.34. The fourth-order valence-electron chi connectivity index (χ4n) is 2.07. The van der Waals surface area contributed by atoms with Crippen molar-refractivity contribution in [2.75, 3.05) is 11.9 Å². The number of hydrogen-bond acceptors (Lipinski definition) is 3. The van der Waals surface area contributed by atoms with Gasteiger partial charge in [0.15, 0.2) is 0 Å². The lowest BCUT2D eigenvalue weighted by Gasteiger charge is -2.06. The molecule has 2 aromatic carbocycles.